The molecule has 2 nitrogen and oxygen atoms in total. The van der Waals surface area contributed by atoms with Crippen LogP contribution in [0.1, 0.15) is 52.4 Å². The summed E-state index contributed by atoms with van der Waals surface area (Å²) in [5.41, 5.74) is 0.528. The summed E-state index contributed by atoms with van der Waals surface area (Å²) >= 11 is 0. The Morgan fingerprint density at radius 1 is 1.25 bits per heavy atom. The number of hydrogen-bond donors (Lipinski definition) is 1. The third-order valence-electron chi connectivity index (χ3n) is 4.70. The highest BCUT2D eigenvalue weighted by Crippen LogP contribution is 2.35. The summed E-state index contributed by atoms with van der Waals surface area (Å²) in [4.78, 5) is 2.82. The Morgan fingerprint density at radius 2 is 2.00 bits per heavy atom. The summed E-state index contributed by atoms with van der Waals surface area (Å²) in [6, 6.07) is 0. The smallest absolute Gasteiger partial charge is 0.0334 e. The molecule has 2 heteroatoms. The molecule has 2 rings (SSSR count). The third-order valence-corrected chi connectivity index (χ3v) is 4.70. The summed E-state index contributed by atoms with van der Waals surface area (Å²) < 4.78 is 0. The molecule has 0 aromatic heterocycles. The Bertz CT molecular complexity index is 201. The zero-order valence-corrected chi connectivity index (χ0v) is 11.1. The van der Waals surface area contributed by atoms with Crippen molar-refractivity contribution < 1.29 is 0 Å². The van der Waals surface area contributed by atoms with Crippen molar-refractivity contribution in [1.29, 1.82) is 0 Å². The van der Waals surface area contributed by atoms with Gasteiger partial charge in [0.15, 0.2) is 0 Å². The lowest BCUT2D eigenvalue weighted by Crippen LogP contribution is -2.62. The first-order valence-corrected chi connectivity index (χ1v) is 7.22. The zero-order chi connectivity index (χ0) is 11.4. The molecule has 0 radical (unpaired) electrons. The molecule has 2 aliphatic rings. The molecule has 0 aromatic rings. The minimum absolute atomic E-state index is 0.528. The van der Waals surface area contributed by atoms with Gasteiger partial charge in [-0.1, -0.05) is 39.5 Å². The van der Waals surface area contributed by atoms with Crippen LogP contribution < -0.4 is 5.32 Å². The number of hydrogen-bond acceptors (Lipinski definition) is 2. The molecular weight excluding hydrogens is 196 g/mol. The molecular formula is C14H28N2. The fourth-order valence-corrected chi connectivity index (χ4v) is 3.38. The van der Waals surface area contributed by atoms with E-state index in [0.717, 1.165) is 5.92 Å². The van der Waals surface area contributed by atoms with E-state index in [-0.39, 0.29) is 0 Å². The SMILES string of the molecule is CCC(C)CN1CCNCC12CCCCC2. The first-order chi connectivity index (χ1) is 7.77. The van der Waals surface area contributed by atoms with Gasteiger partial charge in [-0.25, -0.2) is 0 Å². The van der Waals surface area contributed by atoms with Crippen molar-refractivity contribution >= 4 is 0 Å². The van der Waals surface area contributed by atoms with Gasteiger partial charge in [-0.05, 0) is 18.8 Å². The molecule has 1 unspecified atom stereocenters. The molecule has 0 aromatic carbocycles. The maximum Gasteiger partial charge on any atom is 0.0334 e. The van der Waals surface area contributed by atoms with Crippen LogP contribution in [0.5, 0.6) is 0 Å². The van der Waals surface area contributed by atoms with Crippen LogP contribution in [-0.4, -0.2) is 36.6 Å². The second kappa shape index (κ2) is 5.50. The molecule has 1 heterocycles. The molecule has 94 valence electrons. The average Bonchev–Trinajstić information content (AvgIpc) is 2.33. The Kier molecular flexibility index (Phi) is 4.26. The van der Waals surface area contributed by atoms with Gasteiger partial charge in [0.2, 0.25) is 0 Å². The van der Waals surface area contributed by atoms with E-state index in [1.165, 1.54) is 64.7 Å². The molecule has 1 spiro atoms. The third kappa shape index (κ3) is 2.60. The zero-order valence-electron chi connectivity index (χ0n) is 11.1. The molecule has 0 amide bonds. The predicted molar refractivity (Wildman–Crippen MR) is 69.7 cm³/mol. The number of piperazine rings is 1. The predicted octanol–water partition coefficient (Wildman–Crippen LogP) is 2.64. The van der Waals surface area contributed by atoms with Crippen molar-refractivity contribution in [3.8, 4) is 0 Å². The van der Waals surface area contributed by atoms with Crippen LogP contribution in [0, 0.1) is 5.92 Å². The van der Waals surface area contributed by atoms with Crippen LogP contribution in [0.2, 0.25) is 0 Å². The van der Waals surface area contributed by atoms with Crippen LogP contribution in [-0.2, 0) is 0 Å². The lowest BCUT2D eigenvalue weighted by Gasteiger charge is -2.50. The van der Waals surface area contributed by atoms with E-state index in [9.17, 15) is 0 Å². The standard InChI is InChI=1S/C14H28N2/c1-3-13(2)11-16-10-9-15-12-14(16)7-5-4-6-8-14/h13,15H,3-12H2,1-2H3. The average molecular weight is 224 g/mol. The molecule has 1 saturated heterocycles. The molecule has 1 N–H and O–H groups in total. The summed E-state index contributed by atoms with van der Waals surface area (Å²) in [5, 5.41) is 3.62. The van der Waals surface area contributed by atoms with Gasteiger partial charge in [0.05, 0.1) is 0 Å². The molecule has 1 atom stereocenters. The van der Waals surface area contributed by atoms with Gasteiger partial charge in [-0.15, -0.1) is 0 Å². The maximum absolute atomic E-state index is 3.62. The number of nitrogens with zero attached hydrogens (tertiary/aromatic N) is 1. The highest BCUT2D eigenvalue weighted by Gasteiger charge is 2.39. The molecule has 0 bridgehead atoms. The van der Waals surface area contributed by atoms with Gasteiger partial charge in [0.25, 0.3) is 0 Å². The fraction of sp³-hybridized carbons (Fsp3) is 1.00. The van der Waals surface area contributed by atoms with Crippen LogP contribution in [0.15, 0.2) is 0 Å². The summed E-state index contributed by atoms with van der Waals surface area (Å²) in [7, 11) is 0. The van der Waals surface area contributed by atoms with Gasteiger partial charge in [-0.2, -0.15) is 0 Å². The van der Waals surface area contributed by atoms with Crippen molar-refractivity contribution in [2.24, 2.45) is 5.92 Å². The second-order valence-corrected chi connectivity index (χ2v) is 5.92. The van der Waals surface area contributed by atoms with Gasteiger partial charge in [-0.3, -0.25) is 4.90 Å². The summed E-state index contributed by atoms with van der Waals surface area (Å²) in [6.45, 7) is 9.74. The van der Waals surface area contributed by atoms with Gasteiger partial charge >= 0.3 is 0 Å². The lowest BCUT2D eigenvalue weighted by atomic mass is 9.78. The van der Waals surface area contributed by atoms with Gasteiger partial charge in [0, 0.05) is 31.7 Å². The monoisotopic (exact) mass is 224 g/mol. The first-order valence-electron chi connectivity index (χ1n) is 7.22. The normalized spacial score (nSPS) is 28.1. The van der Waals surface area contributed by atoms with E-state index in [0.29, 0.717) is 5.54 Å². The molecule has 2 fully saturated rings. The van der Waals surface area contributed by atoms with Crippen molar-refractivity contribution in [1.82, 2.24) is 10.2 Å². The number of rotatable bonds is 3. The highest BCUT2D eigenvalue weighted by molar-refractivity contribution is 4.98. The van der Waals surface area contributed by atoms with E-state index < -0.39 is 0 Å². The quantitative estimate of drug-likeness (QED) is 0.793. The summed E-state index contributed by atoms with van der Waals surface area (Å²) in [5.74, 6) is 0.858. The van der Waals surface area contributed by atoms with Crippen LogP contribution in [0.25, 0.3) is 0 Å². The van der Waals surface area contributed by atoms with E-state index in [4.69, 9.17) is 0 Å². The second-order valence-electron chi connectivity index (χ2n) is 5.92. The Labute approximate surface area is 101 Å². The van der Waals surface area contributed by atoms with Gasteiger partial charge < -0.3 is 5.32 Å². The Hall–Kier alpha value is -0.0800. The van der Waals surface area contributed by atoms with E-state index in [1.54, 1.807) is 0 Å². The minimum Gasteiger partial charge on any atom is -0.314 e. The largest absolute Gasteiger partial charge is 0.314 e. The topological polar surface area (TPSA) is 15.3 Å². The van der Waals surface area contributed by atoms with E-state index in [1.807, 2.05) is 0 Å². The van der Waals surface area contributed by atoms with E-state index >= 15 is 0 Å². The number of nitrogens with one attached hydrogen (secondary N) is 1. The molecule has 1 aliphatic carbocycles. The highest BCUT2D eigenvalue weighted by atomic mass is 15.3. The Morgan fingerprint density at radius 3 is 2.69 bits per heavy atom. The fourth-order valence-electron chi connectivity index (χ4n) is 3.38. The first kappa shape index (κ1) is 12.4. The molecule has 1 aliphatic heterocycles. The maximum atomic E-state index is 3.62. The van der Waals surface area contributed by atoms with Crippen molar-refractivity contribution in [2.75, 3.05) is 26.2 Å². The molecule has 1 saturated carbocycles. The van der Waals surface area contributed by atoms with Crippen molar-refractivity contribution in [3.05, 3.63) is 0 Å². The summed E-state index contributed by atoms with van der Waals surface area (Å²) in [6.07, 6.45) is 8.52. The molecule has 16 heavy (non-hydrogen) atoms. The van der Waals surface area contributed by atoms with Crippen LogP contribution in [0.3, 0.4) is 0 Å². The van der Waals surface area contributed by atoms with Crippen molar-refractivity contribution in [2.45, 2.75) is 57.9 Å². The van der Waals surface area contributed by atoms with E-state index in [2.05, 4.69) is 24.1 Å². The minimum atomic E-state index is 0.528. The van der Waals surface area contributed by atoms with Crippen LogP contribution >= 0.6 is 0 Å². The lowest BCUT2D eigenvalue weighted by molar-refractivity contribution is 0.0168. The van der Waals surface area contributed by atoms with Crippen LogP contribution in [0.4, 0.5) is 0 Å². The van der Waals surface area contributed by atoms with Gasteiger partial charge in [0.1, 0.15) is 0 Å². The Balaban J connectivity index is 2.00. The van der Waals surface area contributed by atoms with Crippen molar-refractivity contribution in [3.63, 3.8) is 0 Å².